The lowest BCUT2D eigenvalue weighted by molar-refractivity contribution is -0.142. The highest BCUT2D eigenvalue weighted by atomic mass is 19.1. The fourth-order valence-corrected chi connectivity index (χ4v) is 2.56. The van der Waals surface area contributed by atoms with Crippen LogP contribution in [0.15, 0.2) is 36.4 Å². The summed E-state index contributed by atoms with van der Waals surface area (Å²) in [6, 6.07) is 10.6. The van der Waals surface area contributed by atoms with Crippen molar-refractivity contribution >= 4 is 5.97 Å². The standard InChI is InChI=1S/C19H22FNO3/c1-13-7-16(8-14(2)19(13)24-12-18(22)23-3)11-21-10-15-5-4-6-17(20)9-15/h4-9,21H,10-12H2,1-3H3. The maximum Gasteiger partial charge on any atom is 0.343 e. The van der Waals surface area contributed by atoms with Crippen molar-refractivity contribution in [3.8, 4) is 5.75 Å². The quantitative estimate of drug-likeness (QED) is 0.791. The molecule has 5 heteroatoms. The molecule has 0 spiro atoms. The zero-order valence-electron chi connectivity index (χ0n) is 14.2. The van der Waals surface area contributed by atoms with Crippen LogP contribution >= 0.6 is 0 Å². The van der Waals surface area contributed by atoms with Gasteiger partial charge in [0.25, 0.3) is 0 Å². The van der Waals surface area contributed by atoms with Crippen LogP contribution in [0.4, 0.5) is 4.39 Å². The second-order valence-electron chi connectivity index (χ2n) is 5.66. The third-order valence-electron chi connectivity index (χ3n) is 3.63. The van der Waals surface area contributed by atoms with E-state index in [1.807, 2.05) is 32.0 Å². The molecule has 0 unspecified atom stereocenters. The molecule has 1 N–H and O–H groups in total. The van der Waals surface area contributed by atoms with E-state index in [1.54, 1.807) is 6.07 Å². The van der Waals surface area contributed by atoms with E-state index in [0.717, 1.165) is 22.3 Å². The second-order valence-corrected chi connectivity index (χ2v) is 5.66. The molecule has 4 nitrogen and oxygen atoms in total. The van der Waals surface area contributed by atoms with Crippen LogP contribution in [0.1, 0.15) is 22.3 Å². The summed E-state index contributed by atoms with van der Waals surface area (Å²) in [4.78, 5) is 11.2. The van der Waals surface area contributed by atoms with E-state index >= 15 is 0 Å². The molecule has 0 aliphatic rings. The van der Waals surface area contributed by atoms with Gasteiger partial charge < -0.3 is 14.8 Å². The Labute approximate surface area is 141 Å². The van der Waals surface area contributed by atoms with E-state index in [9.17, 15) is 9.18 Å². The fraction of sp³-hybridized carbons (Fsp3) is 0.316. The molecule has 0 aliphatic carbocycles. The van der Waals surface area contributed by atoms with E-state index in [2.05, 4.69) is 10.1 Å². The monoisotopic (exact) mass is 331 g/mol. The number of methoxy groups -OCH3 is 1. The predicted molar refractivity (Wildman–Crippen MR) is 90.4 cm³/mol. The number of aryl methyl sites for hydroxylation is 2. The molecular weight excluding hydrogens is 309 g/mol. The molecule has 2 aromatic rings. The summed E-state index contributed by atoms with van der Waals surface area (Å²) in [7, 11) is 1.33. The highest BCUT2D eigenvalue weighted by Crippen LogP contribution is 2.25. The Kier molecular flexibility index (Phi) is 6.32. The molecule has 0 saturated carbocycles. The lowest BCUT2D eigenvalue weighted by Gasteiger charge is -2.14. The lowest BCUT2D eigenvalue weighted by Crippen LogP contribution is -2.15. The van der Waals surface area contributed by atoms with Crippen molar-refractivity contribution in [2.24, 2.45) is 0 Å². The van der Waals surface area contributed by atoms with Crippen molar-refractivity contribution in [2.75, 3.05) is 13.7 Å². The molecule has 0 heterocycles. The van der Waals surface area contributed by atoms with Crippen LogP contribution in [0.2, 0.25) is 0 Å². The van der Waals surface area contributed by atoms with E-state index in [1.165, 1.54) is 19.2 Å². The van der Waals surface area contributed by atoms with Gasteiger partial charge in [-0.2, -0.15) is 0 Å². The molecule has 128 valence electrons. The van der Waals surface area contributed by atoms with E-state index in [-0.39, 0.29) is 12.4 Å². The topological polar surface area (TPSA) is 47.6 Å². The van der Waals surface area contributed by atoms with Gasteiger partial charge in [0, 0.05) is 13.1 Å². The molecule has 24 heavy (non-hydrogen) atoms. The largest absolute Gasteiger partial charge is 0.481 e. The van der Waals surface area contributed by atoms with Crippen LogP contribution in [0.3, 0.4) is 0 Å². The molecule has 0 aromatic heterocycles. The number of halogens is 1. The average Bonchev–Trinajstić information content (AvgIpc) is 2.54. The number of carbonyl (C=O) groups is 1. The fourth-order valence-electron chi connectivity index (χ4n) is 2.56. The van der Waals surface area contributed by atoms with Crippen molar-refractivity contribution < 1.29 is 18.7 Å². The second kappa shape index (κ2) is 8.45. The van der Waals surface area contributed by atoms with E-state index in [0.29, 0.717) is 18.8 Å². The zero-order chi connectivity index (χ0) is 17.5. The Morgan fingerprint density at radius 2 is 1.75 bits per heavy atom. The van der Waals surface area contributed by atoms with Gasteiger partial charge in [0.1, 0.15) is 11.6 Å². The van der Waals surface area contributed by atoms with Crippen molar-refractivity contribution in [2.45, 2.75) is 26.9 Å². The normalized spacial score (nSPS) is 10.5. The van der Waals surface area contributed by atoms with Gasteiger partial charge in [0.05, 0.1) is 7.11 Å². The van der Waals surface area contributed by atoms with E-state index in [4.69, 9.17) is 4.74 Å². The summed E-state index contributed by atoms with van der Waals surface area (Å²) >= 11 is 0. The Morgan fingerprint density at radius 3 is 2.38 bits per heavy atom. The van der Waals surface area contributed by atoms with Crippen LogP contribution in [0, 0.1) is 19.7 Å². The molecule has 0 atom stereocenters. The smallest absolute Gasteiger partial charge is 0.343 e. The summed E-state index contributed by atoms with van der Waals surface area (Å²) < 4.78 is 23.3. The van der Waals surface area contributed by atoms with Gasteiger partial charge in [-0.05, 0) is 48.2 Å². The first-order valence-corrected chi connectivity index (χ1v) is 7.74. The Hall–Kier alpha value is -2.40. The van der Waals surface area contributed by atoms with Gasteiger partial charge in [-0.15, -0.1) is 0 Å². The third-order valence-corrected chi connectivity index (χ3v) is 3.63. The van der Waals surface area contributed by atoms with Crippen LogP contribution in [-0.4, -0.2) is 19.7 Å². The highest BCUT2D eigenvalue weighted by Gasteiger charge is 2.09. The first-order chi connectivity index (χ1) is 11.5. The summed E-state index contributed by atoms with van der Waals surface area (Å²) in [6.07, 6.45) is 0. The number of rotatable bonds is 7. The van der Waals surface area contributed by atoms with Gasteiger partial charge in [-0.25, -0.2) is 9.18 Å². The Bertz CT molecular complexity index is 693. The minimum atomic E-state index is -0.408. The molecule has 0 amide bonds. The molecular formula is C19H22FNO3. The van der Waals surface area contributed by atoms with Gasteiger partial charge >= 0.3 is 5.97 Å². The third kappa shape index (κ3) is 5.06. The number of carbonyl (C=O) groups excluding carboxylic acids is 1. The predicted octanol–water partition coefficient (Wildman–Crippen LogP) is 3.28. The molecule has 0 saturated heterocycles. The van der Waals surface area contributed by atoms with Crippen LogP contribution in [0.25, 0.3) is 0 Å². The highest BCUT2D eigenvalue weighted by molar-refractivity contribution is 5.71. The number of ether oxygens (including phenoxy) is 2. The van der Waals surface area contributed by atoms with Crippen molar-refractivity contribution in [3.05, 3.63) is 64.5 Å². The zero-order valence-corrected chi connectivity index (χ0v) is 14.2. The lowest BCUT2D eigenvalue weighted by atomic mass is 10.1. The summed E-state index contributed by atoms with van der Waals surface area (Å²) in [5.41, 5.74) is 3.93. The molecule has 0 aliphatic heterocycles. The SMILES string of the molecule is COC(=O)COc1c(C)cc(CNCc2cccc(F)c2)cc1C. The molecule has 0 radical (unpaired) electrons. The summed E-state index contributed by atoms with van der Waals surface area (Å²) in [6.45, 7) is 5.03. The maximum atomic E-state index is 13.1. The van der Waals surface area contributed by atoms with Crippen LogP contribution in [-0.2, 0) is 22.6 Å². The first-order valence-electron chi connectivity index (χ1n) is 7.74. The summed E-state index contributed by atoms with van der Waals surface area (Å²) in [5.74, 6) is 0.0667. The first kappa shape index (κ1) is 17.9. The maximum absolute atomic E-state index is 13.1. The van der Waals surface area contributed by atoms with Gasteiger partial charge in [-0.3, -0.25) is 0 Å². The number of esters is 1. The Balaban J connectivity index is 1.95. The van der Waals surface area contributed by atoms with E-state index < -0.39 is 5.97 Å². The number of nitrogens with one attached hydrogen (secondary N) is 1. The van der Waals surface area contributed by atoms with Crippen LogP contribution in [0.5, 0.6) is 5.75 Å². The Morgan fingerprint density at radius 1 is 1.08 bits per heavy atom. The van der Waals surface area contributed by atoms with Crippen LogP contribution < -0.4 is 10.1 Å². The molecule has 2 rings (SSSR count). The summed E-state index contributed by atoms with van der Waals surface area (Å²) in [5, 5.41) is 3.30. The number of hydrogen-bond acceptors (Lipinski definition) is 4. The molecule has 0 fully saturated rings. The minimum Gasteiger partial charge on any atom is -0.481 e. The van der Waals surface area contributed by atoms with Gasteiger partial charge in [-0.1, -0.05) is 24.3 Å². The molecule has 0 bridgehead atoms. The van der Waals surface area contributed by atoms with Gasteiger partial charge in [0.2, 0.25) is 0 Å². The number of benzene rings is 2. The number of hydrogen-bond donors (Lipinski definition) is 1. The van der Waals surface area contributed by atoms with Crippen molar-refractivity contribution in [1.29, 1.82) is 0 Å². The molecule has 2 aromatic carbocycles. The van der Waals surface area contributed by atoms with Gasteiger partial charge in [0.15, 0.2) is 6.61 Å². The van der Waals surface area contributed by atoms with Crippen molar-refractivity contribution in [3.63, 3.8) is 0 Å². The minimum absolute atomic E-state index is 0.102. The average molecular weight is 331 g/mol. The van der Waals surface area contributed by atoms with Crippen molar-refractivity contribution in [1.82, 2.24) is 5.32 Å².